The van der Waals surface area contributed by atoms with Crippen LogP contribution in [0, 0.1) is 25.2 Å². The quantitative estimate of drug-likeness (QED) is 0.323. The van der Waals surface area contributed by atoms with E-state index in [4.69, 9.17) is 9.47 Å². The van der Waals surface area contributed by atoms with Crippen molar-refractivity contribution in [2.75, 3.05) is 13.1 Å². The van der Waals surface area contributed by atoms with Crippen LogP contribution < -0.4 is 20.1 Å². The molecule has 35 heavy (non-hydrogen) atoms. The summed E-state index contributed by atoms with van der Waals surface area (Å²) in [6.07, 6.45) is -1.34. The maximum absolute atomic E-state index is 12.4. The minimum absolute atomic E-state index is 0.148. The maximum Gasteiger partial charge on any atom is 0.412 e. The third kappa shape index (κ3) is 5.05. The van der Waals surface area contributed by atoms with Crippen LogP contribution in [-0.2, 0) is 0 Å². The van der Waals surface area contributed by atoms with E-state index in [2.05, 4.69) is 46.5 Å². The van der Waals surface area contributed by atoms with Crippen molar-refractivity contribution in [1.82, 2.24) is 10.6 Å². The Hall–Kier alpha value is -4.09. The van der Waals surface area contributed by atoms with Crippen LogP contribution in [-0.4, -0.2) is 25.3 Å². The number of carbonyl (C=O) groups excluding carboxylic acids is 2. The lowest BCUT2D eigenvalue weighted by Gasteiger charge is -2.19. The Kier molecular flexibility index (Phi) is 7.18. The molecule has 4 aromatic rings. The number of nitrogens with zero attached hydrogens (tertiary/aromatic N) is 1. The molecule has 174 valence electrons. The van der Waals surface area contributed by atoms with E-state index in [1.165, 1.54) is 0 Å². The zero-order chi connectivity index (χ0) is 24.9. The molecule has 0 fully saturated rings. The third-order valence-corrected chi connectivity index (χ3v) is 5.74. The largest absolute Gasteiger partial charge is 0.412 e. The van der Waals surface area contributed by atoms with Crippen molar-refractivity contribution in [3.63, 3.8) is 0 Å². The molecule has 0 spiro atoms. The Morgan fingerprint density at radius 1 is 0.800 bits per heavy atom. The molecule has 0 saturated heterocycles. The van der Waals surface area contributed by atoms with Crippen molar-refractivity contribution in [3.8, 4) is 28.7 Å². The second-order valence-corrected chi connectivity index (χ2v) is 8.34. The molecule has 0 bridgehead atoms. The summed E-state index contributed by atoms with van der Waals surface area (Å²) in [6, 6.07) is 20.0. The molecular weight excluding hydrogens is 510 g/mol. The fraction of sp³-hybridized carbons (Fsp3) is 0.0741. The second kappa shape index (κ2) is 10.5. The van der Waals surface area contributed by atoms with Gasteiger partial charge in [-0.25, -0.2) is 9.59 Å². The summed E-state index contributed by atoms with van der Waals surface area (Å²) >= 11 is 3.50. The normalized spacial score (nSPS) is 10.6. The number of ether oxygens (including phenoxy) is 2. The Morgan fingerprint density at radius 3 is 1.83 bits per heavy atom. The van der Waals surface area contributed by atoms with Crippen molar-refractivity contribution in [1.29, 1.82) is 5.26 Å². The molecule has 0 aliphatic rings. The number of hydrogen-bond acceptors (Lipinski definition) is 5. The molecule has 4 rings (SSSR count). The van der Waals surface area contributed by atoms with E-state index in [0.29, 0.717) is 22.1 Å². The van der Waals surface area contributed by atoms with E-state index in [9.17, 15) is 14.9 Å². The van der Waals surface area contributed by atoms with Gasteiger partial charge >= 0.3 is 12.2 Å². The molecule has 0 saturated carbocycles. The number of nitriles is 1. The van der Waals surface area contributed by atoms with Gasteiger partial charge in [-0.3, -0.25) is 0 Å². The van der Waals surface area contributed by atoms with Crippen LogP contribution in [0.1, 0.15) is 5.56 Å². The molecule has 4 aromatic carbocycles. The molecule has 2 radical (unpaired) electrons. The fourth-order valence-electron chi connectivity index (χ4n) is 3.82. The smallest absolute Gasteiger partial charge is 0.410 e. The van der Waals surface area contributed by atoms with Crippen molar-refractivity contribution >= 4 is 49.7 Å². The molecule has 0 aromatic heterocycles. The van der Waals surface area contributed by atoms with Crippen LogP contribution in [0.3, 0.4) is 0 Å². The van der Waals surface area contributed by atoms with Crippen LogP contribution in [0.25, 0.3) is 32.7 Å². The minimum Gasteiger partial charge on any atom is -0.410 e. The van der Waals surface area contributed by atoms with Crippen molar-refractivity contribution in [2.45, 2.75) is 0 Å². The van der Waals surface area contributed by atoms with Crippen LogP contribution in [0.2, 0.25) is 0 Å². The molecular formula is C27H20BrN3O4. The molecule has 7 nitrogen and oxygen atoms in total. The van der Waals surface area contributed by atoms with Gasteiger partial charge in [-0.15, -0.1) is 0 Å². The summed E-state index contributed by atoms with van der Waals surface area (Å²) in [5.41, 5.74) is 1.58. The van der Waals surface area contributed by atoms with Gasteiger partial charge < -0.3 is 20.1 Å². The number of benzene rings is 4. The van der Waals surface area contributed by atoms with Gasteiger partial charge in [-0.1, -0.05) is 40.2 Å². The van der Waals surface area contributed by atoms with Crippen LogP contribution in [0.15, 0.2) is 65.1 Å². The predicted molar refractivity (Wildman–Crippen MR) is 138 cm³/mol. The number of rotatable bonds is 5. The van der Waals surface area contributed by atoms with Gasteiger partial charge in [0, 0.05) is 28.7 Å². The summed E-state index contributed by atoms with van der Waals surface area (Å²) in [4.78, 5) is 24.7. The zero-order valence-corrected chi connectivity index (χ0v) is 20.1. The lowest BCUT2D eigenvalue weighted by molar-refractivity contribution is 0.200. The van der Waals surface area contributed by atoms with Crippen molar-refractivity contribution in [2.24, 2.45) is 0 Å². The van der Waals surface area contributed by atoms with Crippen LogP contribution >= 0.6 is 15.9 Å². The predicted octanol–water partition coefficient (Wildman–Crippen LogP) is 6.14. The topological polar surface area (TPSA) is 100 Å². The van der Waals surface area contributed by atoms with E-state index >= 15 is 0 Å². The summed E-state index contributed by atoms with van der Waals surface area (Å²) in [5, 5.41) is 17.5. The first-order valence-electron chi connectivity index (χ1n) is 10.6. The molecule has 0 heterocycles. The molecule has 0 aliphatic carbocycles. The van der Waals surface area contributed by atoms with Gasteiger partial charge in [0.2, 0.25) is 0 Å². The second-order valence-electron chi connectivity index (χ2n) is 7.42. The average Bonchev–Trinajstić information content (AvgIpc) is 2.84. The van der Waals surface area contributed by atoms with Crippen molar-refractivity contribution in [3.05, 3.63) is 84.5 Å². The van der Waals surface area contributed by atoms with Crippen LogP contribution in [0.4, 0.5) is 9.59 Å². The highest BCUT2D eigenvalue weighted by atomic mass is 79.9. The highest BCUT2D eigenvalue weighted by Gasteiger charge is 2.22. The van der Waals surface area contributed by atoms with Gasteiger partial charge in [0.05, 0.1) is 11.6 Å². The molecule has 0 aliphatic heterocycles. The van der Waals surface area contributed by atoms with E-state index in [1.807, 2.05) is 24.3 Å². The van der Waals surface area contributed by atoms with Crippen molar-refractivity contribution < 1.29 is 19.1 Å². The third-order valence-electron chi connectivity index (χ3n) is 5.25. The first-order chi connectivity index (χ1) is 16.9. The highest BCUT2D eigenvalue weighted by molar-refractivity contribution is 9.10. The minimum atomic E-state index is -0.672. The fourth-order valence-corrected chi connectivity index (χ4v) is 4.20. The standard InChI is InChI=1S/C27H20BrN3O4/c1-3-30-26(32)34-22-11-6-17-13-16(15-29)5-9-20(17)24(22)25-21-10-8-19(28)14-18(21)7-12-23(25)35-27(33)31-4-2/h5-14H,1-4H2,(H,30,32)(H,31,33). The lowest BCUT2D eigenvalue weighted by Crippen LogP contribution is -2.27. The molecule has 2 N–H and O–H groups in total. The monoisotopic (exact) mass is 529 g/mol. The summed E-state index contributed by atoms with van der Waals surface area (Å²) in [7, 11) is 0. The summed E-state index contributed by atoms with van der Waals surface area (Å²) in [6.45, 7) is 7.53. The average molecular weight is 530 g/mol. The Labute approximate surface area is 210 Å². The zero-order valence-electron chi connectivity index (χ0n) is 18.6. The number of amides is 2. The number of nitrogens with one attached hydrogen (secondary N) is 2. The van der Waals surface area contributed by atoms with Crippen LogP contribution in [0.5, 0.6) is 11.5 Å². The molecule has 0 atom stereocenters. The molecule has 2 amide bonds. The number of hydrogen-bond donors (Lipinski definition) is 2. The van der Waals surface area contributed by atoms with E-state index < -0.39 is 12.2 Å². The number of halogens is 1. The van der Waals surface area contributed by atoms with E-state index in [0.717, 1.165) is 20.6 Å². The van der Waals surface area contributed by atoms with E-state index in [1.54, 1.807) is 36.4 Å². The Morgan fingerprint density at radius 2 is 1.31 bits per heavy atom. The van der Waals surface area contributed by atoms with Gasteiger partial charge in [-0.05, 0) is 71.8 Å². The number of carbonyl (C=O) groups is 2. The number of fused-ring (bicyclic) bond motifs is 2. The van der Waals surface area contributed by atoms with Gasteiger partial charge in [-0.2, -0.15) is 5.26 Å². The molecule has 8 heteroatoms. The van der Waals surface area contributed by atoms with Gasteiger partial charge in [0.15, 0.2) is 0 Å². The summed E-state index contributed by atoms with van der Waals surface area (Å²) in [5.74, 6) is 0.524. The Balaban J connectivity index is 2.07. The highest BCUT2D eigenvalue weighted by Crippen LogP contribution is 2.46. The lowest BCUT2D eigenvalue weighted by atomic mass is 9.91. The first-order valence-corrected chi connectivity index (χ1v) is 11.4. The summed E-state index contributed by atoms with van der Waals surface area (Å²) < 4.78 is 12.2. The SMILES string of the molecule is [CH2]CNC(=O)Oc1ccc2cc(Br)ccc2c1-c1c(OC(=O)NC[CH2])ccc2cc(C#N)ccc12. The molecule has 0 unspecified atom stereocenters. The first kappa shape index (κ1) is 24.0. The maximum atomic E-state index is 12.4. The van der Waals surface area contributed by atoms with Gasteiger partial charge in [0.1, 0.15) is 11.5 Å². The Bertz CT molecular complexity index is 1490. The van der Waals surface area contributed by atoms with E-state index in [-0.39, 0.29) is 24.6 Å². The van der Waals surface area contributed by atoms with Gasteiger partial charge in [0.25, 0.3) is 0 Å².